The van der Waals surface area contributed by atoms with Crippen LogP contribution in [0.1, 0.15) is 0 Å². The van der Waals surface area contributed by atoms with Crippen LogP contribution in [0.15, 0.2) is 235 Å². The maximum Gasteiger partial charge on any atom is 0.135 e. The van der Waals surface area contributed by atoms with E-state index in [0.717, 1.165) is 60.6 Å². The number of hydrogen-bond acceptors (Lipinski definition) is 2. The first kappa shape index (κ1) is 36.7. The van der Waals surface area contributed by atoms with Crippen molar-refractivity contribution in [3.05, 3.63) is 231 Å². The van der Waals surface area contributed by atoms with Gasteiger partial charge in [0.05, 0.1) is 16.6 Å². The zero-order valence-corrected chi connectivity index (χ0v) is 35.7. The maximum absolute atomic E-state index is 6.38. The second kappa shape index (κ2) is 14.4. The molecular formula is C63H38N2O. The van der Waals surface area contributed by atoms with Crippen LogP contribution in [0.2, 0.25) is 0 Å². The fourth-order valence-corrected chi connectivity index (χ4v) is 11.0. The molecule has 0 bridgehead atoms. The van der Waals surface area contributed by atoms with Gasteiger partial charge in [-0.1, -0.05) is 164 Å². The fraction of sp³-hybridized carbons (Fsp3) is 0. The van der Waals surface area contributed by atoms with Gasteiger partial charge in [-0.15, -0.1) is 0 Å². The molecule has 0 unspecified atom stereocenters. The first-order valence-corrected chi connectivity index (χ1v) is 22.6. The van der Waals surface area contributed by atoms with Crippen molar-refractivity contribution in [3.8, 4) is 50.2 Å². The van der Waals surface area contributed by atoms with E-state index in [0.29, 0.717) is 0 Å². The predicted octanol–water partition coefficient (Wildman–Crippen LogP) is 17.4. The molecule has 0 aliphatic heterocycles. The van der Waals surface area contributed by atoms with E-state index < -0.39 is 0 Å². The van der Waals surface area contributed by atoms with Crippen LogP contribution in [0.4, 0.5) is 0 Å². The Bertz CT molecular complexity index is 4230. The molecular weight excluding hydrogens is 801 g/mol. The van der Waals surface area contributed by atoms with E-state index in [2.05, 4.69) is 223 Å². The highest BCUT2D eigenvalue weighted by atomic mass is 16.3. The second-order valence-corrected chi connectivity index (χ2v) is 17.3. The average molecular weight is 839 g/mol. The minimum Gasteiger partial charge on any atom is -0.456 e. The van der Waals surface area contributed by atoms with Gasteiger partial charge in [-0.3, -0.25) is 4.98 Å². The van der Waals surface area contributed by atoms with Crippen LogP contribution in [0.25, 0.3) is 137 Å². The third kappa shape index (κ3) is 5.41. The molecule has 0 fully saturated rings. The number of furan rings is 1. The lowest BCUT2D eigenvalue weighted by Gasteiger charge is -2.23. The van der Waals surface area contributed by atoms with Crippen LogP contribution in [-0.4, -0.2) is 9.55 Å². The molecule has 3 heteroatoms. The van der Waals surface area contributed by atoms with Crippen molar-refractivity contribution in [3.63, 3.8) is 0 Å². The van der Waals surface area contributed by atoms with E-state index in [1.165, 1.54) is 76.6 Å². The minimum atomic E-state index is 0.885. The molecule has 0 amide bonds. The standard InChI is InChI=1S/C63H38N2O/c1-2-17-42(18-3-1)65-56-29-12-10-20-46(56)53-36-40(31-33-57(53)65)43-26-14-27-44(41-32-34-59-54(37-41)47-21-11-13-30-58(47)66-59)61(43)62-50-24-8-6-22-48(50)60(49-23-7-9-25-51(49)62)55-38-39-16-4-5-19-45(39)63-52(55)28-15-35-64-63/h1-38H. The van der Waals surface area contributed by atoms with Gasteiger partial charge in [-0.05, 0) is 132 Å². The summed E-state index contributed by atoms with van der Waals surface area (Å²) in [5, 5.41) is 12.9. The molecule has 3 aromatic heterocycles. The second-order valence-electron chi connectivity index (χ2n) is 17.3. The molecule has 0 aliphatic carbocycles. The molecule has 3 heterocycles. The normalized spacial score (nSPS) is 11.9. The molecule has 0 aliphatic rings. The predicted molar refractivity (Wildman–Crippen MR) is 278 cm³/mol. The molecule has 306 valence electrons. The Balaban J connectivity index is 1.11. The van der Waals surface area contributed by atoms with E-state index in [-0.39, 0.29) is 0 Å². The van der Waals surface area contributed by atoms with Crippen molar-refractivity contribution in [1.29, 1.82) is 0 Å². The van der Waals surface area contributed by atoms with Crippen LogP contribution in [0.5, 0.6) is 0 Å². The van der Waals surface area contributed by atoms with Crippen LogP contribution in [0, 0.1) is 0 Å². The number of nitrogens with zero attached hydrogens (tertiary/aromatic N) is 2. The van der Waals surface area contributed by atoms with Gasteiger partial charge in [-0.25, -0.2) is 0 Å². The van der Waals surface area contributed by atoms with E-state index in [1.807, 2.05) is 12.3 Å². The highest BCUT2D eigenvalue weighted by molar-refractivity contribution is 6.27. The number of fused-ring (bicyclic) bond motifs is 11. The maximum atomic E-state index is 6.38. The van der Waals surface area contributed by atoms with E-state index >= 15 is 0 Å². The number of hydrogen-bond donors (Lipinski definition) is 0. The Hall–Kier alpha value is -8.79. The van der Waals surface area contributed by atoms with Crippen molar-refractivity contribution in [2.75, 3.05) is 0 Å². The molecule has 66 heavy (non-hydrogen) atoms. The quantitative estimate of drug-likeness (QED) is 0.128. The molecule has 0 atom stereocenters. The van der Waals surface area contributed by atoms with Crippen LogP contribution >= 0.6 is 0 Å². The highest BCUT2D eigenvalue weighted by Gasteiger charge is 2.24. The van der Waals surface area contributed by atoms with Gasteiger partial charge in [0.15, 0.2) is 0 Å². The summed E-state index contributed by atoms with van der Waals surface area (Å²) in [6.07, 6.45) is 1.91. The summed E-state index contributed by atoms with van der Waals surface area (Å²) >= 11 is 0. The molecule has 0 radical (unpaired) electrons. The topological polar surface area (TPSA) is 31.0 Å². The molecule has 0 saturated heterocycles. The number of pyridine rings is 1. The van der Waals surface area contributed by atoms with Crippen molar-refractivity contribution in [1.82, 2.24) is 9.55 Å². The Kier molecular flexibility index (Phi) is 7.98. The van der Waals surface area contributed by atoms with Gasteiger partial charge < -0.3 is 8.98 Å². The Labute approximate surface area is 380 Å². The first-order valence-electron chi connectivity index (χ1n) is 22.6. The Morgan fingerprint density at radius 3 is 1.64 bits per heavy atom. The first-order chi connectivity index (χ1) is 32.8. The van der Waals surface area contributed by atoms with Gasteiger partial charge in [0.25, 0.3) is 0 Å². The van der Waals surface area contributed by atoms with E-state index in [9.17, 15) is 0 Å². The molecule has 0 spiro atoms. The highest BCUT2D eigenvalue weighted by Crippen LogP contribution is 2.51. The smallest absolute Gasteiger partial charge is 0.135 e. The molecule has 14 aromatic rings. The number of aromatic nitrogens is 2. The molecule has 0 N–H and O–H groups in total. The summed E-state index contributed by atoms with van der Waals surface area (Å²) < 4.78 is 8.77. The van der Waals surface area contributed by atoms with Crippen LogP contribution in [-0.2, 0) is 0 Å². The zero-order valence-electron chi connectivity index (χ0n) is 35.7. The summed E-state index contributed by atoms with van der Waals surface area (Å²) in [5.41, 5.74) is 15.7. The van der Waals surface area contributed by atoms with Gasteiger partial charge in [0, 0.05) is 44.2 Å². The average Bonchev–Trinajstić information content (AvgIpc) is 3.93. The fourth-order valence-electron chi connectivity index (χ4n) is 11.0. The summed E-state index contributed by atoms with van der Waals surface area (Å²) in [5.74, 6) is 0. The number of benzene rings is 11. The van der Waals surface area contributed by atoms with Crippen molar-refractivity contribution in [2.24, 2.45) is 0 Å². The van der Waals surface area contributed by atoms with Gasteiger partial charge in [-0.2, -0.15) is 0 Å². The molecule has 0 saturated carbocycles. The third-order valence-corrected chi connectivity index (χ3v) is 13.8. The lowest BCUT2D eigenvalue weighted by Crippen LogP contribution is -1.96. The summed E-state index contributed by atoms with van der Waals surface area (Å²) in [7, 11) is 0. The summed E-state index contributed by atoms with van der Waals surface area (Å²) in [4.78, 5) is 5.00. The third-order valence-electron chi connectivity index (χ3n) is 13.8. The monoisotopic (exact) mass is 838 g/mol. The molecule has 11 aromatic carbocycles. The summed E-state index contributed by atoms with van der Waals surface area (Å²) in [6, 6.07) is 81.8. The SMILES string of the molecule is c1ccc(-n2c3ccccc3c3cc(-c4cccc(-c5ccc6oc7ccccc7c6c5)c4-c4c5ccccc5c(-c5cc6ccccc6c6ncccc56)c5ccccc45)ccc32)cc1. The molecule has 14 rings (SSSR count). The molecule has 3 nitrogen and oxygen atoms in total. The zero-order chi connectivity index (χ0) is 43.3. The summed E-state index contributed by atoms with van der Waals surface area (Å²) in [6.45, 7) is 0. The number of rotatable bonds is 5. The lowest BCUT2D eigenvalue weighted by molar-refractivity contribution is 0.669. The van der Waals surface area contributed by atoms with Crippen LogP contribution < -0.4 is 0 Å². The number of para-hydroxylation sites is 3. The minimum absolute atomic E-state index is 0.885. The van der Waals surface area contributed by atoms with Gasteiger partial charge >= 0.3 is 0 Å². The Morgan fingerprint density at radius 1 is 0.318 bits per heavy atom. The van der Waals surface area contributed by atoms with E-state index in [1.54, 1.807) is 0 Å². The Morgan fingerprint density at radius 2 is 0.879 bits per heavy atom. The van der Waals surface area contributed by atoms with Gasteiger partial charge in [0.1, 0.15) is 11.2 Å². The van der Waals surface area contributed by atoms with E-state index in [4.69, 9.17) is 9.40 Å². The van der Waals surface area contributed by atoms with Crippen molar-refractivity contribution >= 4 is 87.0 Å². The largest absolute Gasteiger partial charge is 0.456 e. The van der Waals surface area contributed by atoms with Crippen molar-refractivity contribution in [2.45, 2.75) is 0 Å². The van der Waals surface area contributed by atoms with Gasteiger partial charge in [0.2, 0.25) is 0 Å². The van der Waals surface area contributed by atoms with Crippen LogP contribution in [0.3, 0.4) is 0 Å². The lowest BCUT2D eigenvalue weighted by atomic mass is 9.80. The van der Waals surface area contributed by atoms with Crippen molar-refractivity contribution < 1.29 is 4.42 Å².